The van der Waals surface area contributed by atoms with Crippen molar-refractivity contribution in [1.82, 2.24) is 0 Å². The minimum absolute atomic E-state index is 0.0865. The lowest BCUT2D eigenvalue weighted by atomic mass is 9.70. The maximum absolute atomic E-state index is 2.49. The minimum Gasteiger partial charge on any atom is -0.310 e. The van der Waals surface area contributed by atoms with Gasteiger partial charge in [-0.2, -0.15) is 0 Å². The number of rotatable bonds is 3. The normalized spacial score (nSPS) is 14.9. The van der Waals surface area contributed by atoms with Gasteiger partial charge in [0.2, 0.25) is 0 Å². The van der Waals surface area contributed by atoms with Gasteiger partial charge in [0, 0.05) is 22.4 Å². The van der Waals surface area contributed by atoms with E-state index < -0.39 is 0 Å². The largest absolute Gasteiger partial charge is 0.310 e. The van der Waals surface area contributed by atoms with Crippen LogP contribution < -0.4 is 4.90 Å². The average molecular weight is 600 g/mol. The summed E-state index contributed by atoms with van der Waals surface area (Å²) in [4.78, 5) is 2.49. The second-order valence-corrected chi connectivity index (χ2v) is 13.7. The summed E-state index contributed by atoms with van der Waals surface area (Å²) in [6, 6.07) is 61.0. The van der Waals surface area contributed by atoms with Crippen molar-refractivity contribution in [3.63, 3.8) is 0 Å². The van der Waals surface area contributed by atoms with E-state index in [0.29, 0.717) is 0 Å². The molecule has 1 spiro atoms. The maximum Gasteiger partial charge on any atom is 0.0726 e. The number of para-hydroxylation sites is 1. The predicted octanol–water partition coefficient (Wildman–Crippen LogP) is 11.8. The minimum atomic E-state index is -0.376. The standard InChI is InChI=1S/C46H33N/c1-45(2)37-21-10-6-17-32(37)35-28-27-31(29-42(35)45)47(30-15-4-3-5-16-30)43-26-14-25-41-44(43)36-20-9-13-24-40(36)46(41)38-22-11-7-18-33(38)34-19-8-12-23-39(34)46/h3-29H,1-2H3. The maximum atomic E-state index is 2.49. The van der Waals surface area contributed by atoms with Crippen LogP contribution in [0.3, 0.4) is 0 Å². The Labute approximate surface area is 276 Å². The highest BCUT2D eigenvalue weighted by Gasteiger charge is 2.52. The Morgan fingerprint density at radius 3 is 1.51 bits per heavy atom. The topological polar surface area (TPSA) is 3.24 Å². The summed E-state index contributed by atoms with van der Waals surface area (Å²) in [6.45, 7) is 4.73. The van der Waals surface area contributed by atoms with Crippen LogP contribution in [0, 0.1) is 0 Å². The molecule has 0 amide bonds. The van der Waals surface area contributed by atoms with Crippen LogP contribution in [0.4, 0.5) is 17.1 Å². The third-order valence-corrected chi connectivity index (χ3v) is 11.1. The molecule has 1 heteroatoms. The molecule has 3 aliphatic carbocycles. The van der Waals surface area contributed by atoms with E-state index >= 15 is 0 Å². The number of hydrogen-bond donors (Lipinski definition) is 0. The Morgan fingerprint density at radius 1 is 0.362 bits per heavy atom. The molecule has 0 heterocycles. The highest BCUT2D eigenvalue weighted by Crippen LogP contribution is 2.64. The van der Waals surface area contributed by atoms with Crippen molar-refractivity contribution in [1.29, 1.82) is 0 Å². The van der Waals surface area contributed by atoms with Gasteiger partial charge in [-0.05, 0) is 91.5 Å². The van der Waals surface area contributed by atoms with E-state index in [-0.39, 0.29) is 10.8 Å². The number of anilines is 3. The van der Waals surface area contributed by atoms with Gasteiger partial charge in [-0.15, -0.1) is 0 Å². The van der Waals surface area contributed by atoms with Gasteiger partial charge in [-0.1, -0.05) is 147 Å². The average Bonchev–Trinajstić information content (AvgIpc) is 3.68. The second kappa shape index (κ2) is 9.44. The molecule has 7 aromatic rings. The lowest BCUT2D eigenvalue weighted by molar-refractivity contribution is 0.660. The van der Waals surface area contributed by atoms with Gasteiger partial charge < -0.3 is 4.90 Å². The van der Waals surface area contributed by atoms with Crippen molar-refractivity contribution in [2.45, 2.75) is 24.7 Å². The van der Waals surface area contributed by atoms with Crippen molar-refractivity contribution in [2.75, 3.05) is 4.90 Å². The fraction of sp³-hybridized carbons (Fsp3) is 0.0870. The van der Waals surface area contributed by atoms with Gasteiger partial charge in [0.05, 0.1) is 11.1 Å². The molecule has 1 nitrogen and oxygen atoms in total. The SMILES string of the molecule is CC1(C)c2ccccc2-c2ccc(N(c3ccccc3)c3cccc4c3-c3ccccc3C43c4ccccc4-c4ccccc43)cc21. The molecule has 0 atom stereocenters. The van der Waals surface area contributed by atoms with Crippen LogP contribution in [-0.2, 0) is 10.8 Å². The molecular weight excluding hydrogens is 567 g/mol. The Morgan fingerprint density at radius 2 is 0.851 bits per heavy atom. The van der Waals surface area contributed by atoms with Crippen LogP contribution in [-0.4, -0.2) is 0 Å². The molecule has 0 unspecified atom stereocenters. The highest BCUT2D eigenvalue weighted by molar-refractivity contribution is 6.01. The fourth-order valence-electron chi connectivity index (χ4n) is 9.15. The smallest absolute Gasteiger partial charge is 0.0726 e. The van der Waals surface area contributed by atoms with Crippen LogP contribution in [0.2, 0.25) is 0 Å². The van der Waals surface area contributed by atoms with E-state index in [2.05, 4.69) is 183 Å². The molecule has 7 aromatic carbocycles. The second-order valence-electron chi connectivity index (χ2n) is 13.7. The molecule has 10 rings (SSSR count). The highest BCUT2D eigenvalue weighted by atomic mass is 15.1. The number of nitrogens with zero attached hydrogens (tertiary/aromatic N) is 1. The summed E-state index contributed by atoms with van der Waals surface area (Å²) >= 11 is 0. The summed E-state index contributed by atoms with van der Waals surface area (Å²) in [5, 5.41) is 0. The van der Waals surface area contributed by atoms with Gasteiger partial charge in [0.15, 0.2) is 0 Å². The molecule has 0 saturated heterocycles. The van der Waals surface area contributed by atoms with Gasteiger partial charge in [-0.25, -0.2) is 0 Å². The van der Waals surface area contributed by atoms with Crippen molar-refractivity contribution in [3.8, 4) is 33.4 Å². The van der Waals surface area contributed by atoms with E-state index in [4.69, 9.17) is 0 Å². The zero-order chi connectivity index (χ0) is 31.3. The first-order valence-electron chi connectivity index (χ1n) is 16.6. The van der Waals surface area contributed by atoms with Crippen LogP contribution in [0.25, 0.3) is 33.4 Å². The summed E-state index contributed by atoms with van der Waals surface area (Å²) in [5.41, 5.74) is 19.2. The fourth-order valence-corrected chi connectivity index (χ4v) is 9.15. The summed E-state index contributed by atoms with van der Waals surface area (Å²) in [5.74, 6) is 0. The van der Waals surface area contributed by atoms with Gasteiger partial charge in [0.1, 0.15) is 0 Å². The predicted molar refractivity (Wildman–Crippen MR) is 195 cm³/mol. The molecule has 0 fully saturated rings. The lowest BCUT2D eigenvalue weighted by Gasteiger charge is -2.32. The number of hydrogen-bond acceptors (Lipinski definition) is 1. The zero-order valence-electron chi connectivity index (χ0n) is 26.5. The third-order valence-electron chi connectivity index (χ3n) is 11.1. The molecule has 0 saturated carbocycles. The van der Waals surface area contributed by atoms with E-state index in [1.54, 1.807) is 0 Å². The zero-order valence-corrected chi connectivity index (χ0v) is 26.5. The van der Waals surface area contributed by atoms with Crippen molar-refractivity contribution < 1.29 is 0 Å². The lowest BCUT2D eigenvalue weighted by Crippen LogP contribution is -2.26. The Bertz CT molecular complexity index is 2350. The Kier molecular flexibility index (Phi) is 5.33. The van der Waals surface area contributed by atoms with Gasteiger partial charge in [-0.3, -0.25) is 0 Å². The summed E-state index contributed by atoms with van der Waals surface area (Å²) in [6.07, 6.45) is 0. The van der Waals surface area contributed by atoms with Gasteiger partial charge >= 0.3 is 0 Å². The van der Waals surface area contributed by atoms with E-state index in [9.17, 15) is 0 Å². The van der Waals surface area contributed by atoms with Crippen molar-refractivity contribution in [2.24, 2.45) is 0 Å². The van der Waals surface area contributed by atoms with E-state index in [1.807, 2.05) is 0 Å². The first-order valence-corrected chi connectivity index (χ1v) is 16.6. The molecular formula is C46H33N. The van der Waals surface area contributed by atoms with Crippen LogP contribution in [0.15, 0.2) is 164 Å². The van der Waals surface area contributed by atoms with E-state index in [1.165, 1.54) is 78.1 Å². The number of benzene rings is 7. The molecule has 0 bridgehead atoms. The summed E-state index contributed by atoms with van der Waals surface area (Å²) in [7, 11) is 0. The van der Waals surface area contributed by atoms with Crippen molar-refractivity contribution in [3.05, 3.63) is 197 Å². The van der Waals surface area contributed by atoms with Crippen molar-refractivity contribution >= 4 is 17.1 Å². The third kappa shape index (κ3) is 3.34. The Balaban J connectivity index is 1.27. The first kappa shape index (κ1) is 26.5. The molecule has 47 heavy (non-hydrogen) atoms. The van der Waals surface area contributed by atoms with Crippen LogP contribution in [0.5, 0.6) is 0 Å². The van der Waals surface area contributed by atoms with E-state index in [0.717, 1.165) is 5.69 Å². The quantitative estimate of drug-likeness (QED) is 0.195. The van der Waals surface area contributed by atoms with Gasteiger partial charge in [0.25, 0.3) is 0 Å². The first-order chi connectivity index (χ1) is 23.1. The van der Waals surface area contributed by atoms with Crippen LogP contribution in [0.1, 0.15) is 47.2 Å². The molecule has 0 aliphatic heterocycles. The molecule has 0 radical (unpaired) electrons. The molecule has 222 valence electrons. The summed E-state index contributed by atoms with van der Waals surface area (Å²) < 4.78 is 0. The monoisotopic (exact) mass is 599 g/mol. The van der Waals surface area contributed by atoms with Crippen LogP contribution >= 0.6 is 0 Å². The Hall–Kier alpha value is -5.66. The number of fused-ring (bicyclic) bond motifs is 13. The molecule has 0 N–H and O–H groups in total. The molecule has 3 aliphatic rings. The molecule has 0 aromatic heterocycles.